The van der Waals surface area contributed by atoms with Crippen LogP contribution in [0.15, 0.2) is 48.8 Å². The van der Waals surface area contributed by atoms with E-state index in [1.54, 1.807) is 6.26 Å². The molecule has 0 aromatic heterocycles. The summed E-state index contributed by atoms with van der Waals surface area (Å²) in [6.07, 6.45) is 45.4. The molecule has 0 aromatic rings. The van der Waals surface area contributed by atoms with E-state index in [-0.39, 0.29) is 25.8 Å². The fourth-order valence-electron chi connectivity index (χ4n) is 5.55. The number of quaternary nitrogens is 1. The van der Waals surface area contributed by atoms with Gasteiger partial charge in [0.2, 0.25) is 0 Å². The van der Waals surface area contributed by atoms with Gasteiger partial charge in [-0.2, -0.15) is 0 Å². The first kappa shape index (κ1) is 51.3. The van der Waals surface area contributed by atoms with Crippen molar-refractivity contribution < 1.29 is 37.3 Å². The number of carbonyl (C=O) groups excluding carboxylic acids is 1. The van der Waals surface area contributed by atoms with Crippen LogP contribution in [0.2, 0.25) is 0 Å². The predicted octanol–water partition coefficient (Wildman–Crippen LogP) is 12.7. The van der Waals surface area contributed by atoms with Gasteiger partial charge in [-0.3, -0.25) is 13.8 Å². The SMILES string of the molecule is CCCCCCCC/C=C\C/C=C\C/C=C\CCCC(=O)OCC(COP(=O)(O)OCC[N+](C)(C)C)O/C=C\CCCCCCCCCCCCCC. The van der Waals surface area contributed by atoms with Crippen molar-refractivity contribution in [3.8, 4) is 0 Å². The lowest BCUT2D eigenvalue weighted by molar-refractivity contribution is -0.870. The van der Waals surface area contributed by atoms with Gasteiger partial charge in [0.05, 0.1) is 34.0 Å². The van der Waals surface area contributed by atoms with Gasteiger partial charge in [0.1, 0.15) is 19.8 Å². The van der Waals surface area contributed by atoms with Gasteiger partial charge in [0.15, 0.2) is 6.10 Å². The highest BCUT2D eigenvalue weighted by molar-refractivity contribution is 7.47. The molecule has 0 aliphatic carbocycles. The molecular weight excluding hydrogens is 685 g/mol. The number of ether oxygens (including phenoxy) is 2. The number of nitrogens with zero attached hydrogens (tertiary/aromatic N) is 1. The molecule has 310 valence electrons. The molecule has 0 aliphatic rings. The third-order valence-corrected chi connectivity index (χ3v) is 9.97. The number of unbranched alkanes of at least 4 members (excludes halogenated alkanes) is 19. The van der Waals surface area contributed by atoms with Gasteiger partial charge >= 0.3 is 13.8 Å². The van der Waals surface area contributed by atoms with E-state index in [0.717, 1.165) is 32.1 Å². The van der Waals surface area contributed by atoms with Crippen LogP contribution in [0.3, 0.4) is 0 Å². The molecule has 0 fully saturated rings. The van der Waals surface area contributed by atoms with Gasteiger partial charge in [-0.1, -0.05) is 153 Å². The minimum absolute atomic E-state index is 0.0747. The van der Waals surface area contributed by atoms with Crippen LogP contribution in [-0.2, 0) is 27.9 Å². The van der Waals surface area contributed by atoms with E-state index in [9.17, 15) is 14.3 Å². The van der Waals surface area contributed by atoms with E-state index in [4.69, 9.17) is 18.5 Å². The van der Waals surface area contributed by atoms with Gasteiger partial charge in [0, 0.05) is 6.42 Å². The quantitative estimate of drug-likeness (QED) is 0.0166. The number of phosphoric acid groups is 1. The highest BCUT2D eigenvalue weighted by atomic mass is 31.2. The second-order valence-corrected chi connectivity index (χ2v) is 16.9. The number of allylic oxidation sites excluding steroid dienone is 7. The van der Waals surface area contributed by atoms with Crippen molar-refractivity contribution in [2.75, 3.05) is 47.5 Å². The van der Waals surface area contributed by atoms with Crippen molar-refractivity contribution in [2.45, 2.75) is 180 Å². The zero-order valence-corrected chi connectivity index (χ0v) is 35.9. The highest BCUT2D eigenvalue weighted by Crippen LogP contribution is 2.43. The molecule has 8 nitrogen and oxygen atoms in total. The first-order valence-corrected chi connectivity index (χ1v) is 22.9. The van der Waals surface area contributed by atoms with Crippen LogP contribution in [0.5, 0.6) is 0 Å². The summed E-state index contributed by atoms with van der Waals surface area (Å²) in [6, 6.07) is 0. The smallest absolute Gasteiger partial charge is 0.472 e. The maximum Gasteiger partial charge on any atom is 0.472 e. The Bertz CT molecular complexity index is 989. The van der Waals surface area contributed by atoms with E-state index in [2.05, 4.69) is 50.3 Å². The van der Waals surface area contributed by atoms with Crippen molar-refractivity contribution in [2.24, 2.45) is 0 Å². The summed E-state index contributed by atoms with van der Waals surface area (Å²) in [6.45, 7) is 4.84. The molecule has 0 saturated carbocycles. The zero-order valence-electron chi connectivity index (χ0n) is 35.0. The van der Waals surface area contributed by atoms with Crippen molar-refractivity contribution in [3.63, 3.8) is 0 Å². The first-order chi connectivity index (χ1) is 25.6. The van der Waals surface area contributed by atoms with E-state index in [0.29, 0.717) is 23.9 Å². The molecule has 0 spiro atoms. The van der Waals surface area contributed by atoms with Crippen LogP contribution < -0.4 is 0 Å². The Labute approximate surface area is 327 Å². The Morgan fingerprint density at radius 3 is 1.57 bits per heavy atom. The Balaban J connectivity index is 4.38. The Morgan fingerprint density at radius 2 is 1.06 bits per heavy atom. The van der Waals surface area contributed by atoms with E-state index >= 15 is 0 Å². The van der Waals surface area contributed by atoms with Crippen LogP contribution in [-0.4, -0.2) is 69.0 Å². The molecule has 2 unspecified atom stereocenters. The molecule has 2 atom stereocenters. The summed E-state index contributed by atoms with van der Waals surface area (Å²) in [4.78, 5) is 22.6. The van der Waals surface area contributed by atoms with E-state index in [1.807, 2.05) is 27.2 Å². The Hall–Kier alpha value is -1.70. The molecule has 0 aliphatic heterocycles. The molecule has 53 heavy (non-hydrogen) atoms. The molecule has 0 bridgehead atoms. The lowest BCUT2D eigenvalue weighted by atomic mass is 10.0. The predicted molar refractivity (Wildman–Crippen MR) is 224 cm³/mol. The van der Waals surface area contributed by atoms with Gasteiger partial charge < -0.3 is 18.9 Å². The lowest BCUT2D eigenvalue weighted by Gasteiger charge is -2.24. The van der Waals surface area contributed by atoms with Crippen LogP contribution in [0.1, 0.15) is 174 Å². The number of carbonyl (C=O) groups is 1. The van der Waals surface area contributed by atoms with Crippen LogP contribution in [0.4, 0.5) is 0 Å². The average molecular weight is 769 g/mol. The molecule has 0 amide bonds. The molecule has 0 saturated heterocycles. The number of esters is 1. The minimum atomic E-state index is -4.27. The summed E-state index contributed by atoms with van der Waals surface area (Å²) in [5, 5.41) is 0. The maximum atomic E-state index is 12.4. The zero-order chi connectivity index (χ0) is 39.1. The molecule has 0 rings (SSSR count). The number of phosphoric ester groups is 1. The standard InChI is InChI=1S/C44H82NO7P/c1-6-8-10-12-14-16-18-20-22-23-24-25-27-29-31-33-35-37-44(46)50-41-43(42-52-53(47,48)51-40-38-45(3,4)5)49-39-36-34-32-30-28-26-21-19-17-15-13-11-9-7-2/h20,22,24-25,29,31,36,39,43H,6-19,21,23,26-28,30,32-35,37-38,40-42H2,1-5H3/p+1/b22-20-,25-24-,31-29-,39-36-. The molecular formula is C44H83NO7P+. The van der Waals surface area contributed by atoms with Crippen LogP contribution in [0, 0.1) is 0 Å². The van der Waals surface area contributed by atoms with Crippen molar-refractivity contribution in [1.82, 2.24) is 0 Å². The number of hydrogen-bond donors (Lipinski definition) is 1. The summed E-state index contributed by atoms with van der Waals surface area (Å²) >= 11 is 0. The van der Waals surface area contributed by atoms with Crippen LogP contribution >= 0.6 is 7.82 Å². The van der Waals surface area contributed by atoms with E-state index in [1.165, 1.54) is 116 Å². The molecule has 9 heteroatoms. The average Bonchev–Trinajstić information content (AvgIpc) is 3.11. The third kappa shape index (κ3) is 41.3. The van der Waals surface area contributed by atoms with Crippen molar-refractivity contribution in [1.29, 1.82) is 0 Å². The fourth-order valence-corrected chi connectivity index (χ4v) is 6.29. The normalized spacial score (nSPS) is 14.2. The third-order valence-electron chi connectivity index (χ3n) is 8.98. The number of rotatable bonds is 39. The molecule has 1 N–H and O–H groups in total. The van der Waals surface area contributed by atoms with E-state index < -0.39 is 13.9 Å². The van der Waals surface area contributed by atoms with Crippen LogP contribution in [0.25, 0.3) is 0 Å². The second-order valence-electron chi connectivity index (χ2n) is 15.4. The Kier molecular flexibility index (Phi) is 36.0. The number of hydrogen-bond acceptors (Lipinski definition) is 6. The highest BCUT2D eigenvalue weighted by Gasteiger charge is 2.25. The van der Waals surface area contributed by atoms with Gasteiger partial charge in [-0.05, 0) is 57.4 Å². The summed E-state index contributed by atoms with van der Waals surface area (Å²) in [7, 11) is 1.65. The summed E-state index contributed by atoms with van der Waals surface area (Å²) in [5.74, 6) is -0.327. The van der Waals surface area contributed by atoms with Gasteiger partial charge in [-0.15, -0.1) is 0 Å². The van der Waals surface area contributed by atoms with Gasteiger partial charge in [0.25, 0.3) is 0 Å². The minimum Gasteiger partial charge on any atom is -0.492 e. The fraction of sp³-hybridized carbons (Fsp3) is 0.795. The van der Waals surface area contributed by atoms with Crippen molar-refractivity contribution in [3.05, 3.63) is 48.8 Å². The largest absolute Gasteiger partial charge is 0.492 e. The first-order valence-electron chi connectivity index (χ1n) is 21.4. The van der Waals surface area contributed by atoms with Gasteiger partial charge in [-0.25, -0.2) is 4.57 Å². The lowest BCUT2D eigenvalue weighted by Crippen LogP contribution is -2.37. The van der Waals surface area contributed by atoms with Crippen molar-refractivity contribution >= 4 is 13.8 Å². The summed E-state index contributed by atoms with van der Waals surface area (Å²) < 4.78 is 34.7. The monoisotopic (exact) mass is 769 g/mol. The topological polar surface area (TPSA) is 91.3 Å². The molecule has 0 aromatic carbocycles. The number of likely N-dealkylation sites (N-methyl/N-ethyl adjacent to an activating group) is 1. The molecule has 0 heterocycles. The maximum absolute atomic E-state index is 12.4. The summed E-state index contributed by atoms with van der Waals surface area (Å²) in [5.41, 5.74) is 0. The Morgan fingerprint density at radius 1 is 0.604 bits per heavy atom. The second kappa shape index (κ2) is 37.2. The molecule has 0 radical (unpaired) electrons.